The Kier molecular flexibility index (Phi) is 5.80. The van der Waals surface area contributed by atoms with Gasteiger partial charge in [0.2, 0.25) is 11.8 Å². The van der Waals surface area contributed by atoms with Crippen molar-refractivity contribution >= 4 is 17.8 Å². The van der Waals surface area contributed by atoms with Gasteiger partial charge in [0, 0.05) is 19.0 Å². The van der Waals surface area contributed by atoms with Gasteiger partial charge in [-0.2, -0.15) is 0 Å². The maximum absolute atomic E-state index is 12.4. The van der Waals surface area contributed by atoms with Crippen LogP contribution in [0.2, 0.25) is 0 Å². The molecule has 1 aliphatic heterocycles. The summed E-state index contributed by atoms with van der Waals surface area (Å²) in [6.45, 7) is 2.51. The second kappa shape index (κ2) is 7.61. The molecular weight excluding hydrogens is 284 g/mol. The minimum Gasteiger partial charge on any atom is -0.481 e. The van der Waals surface area contributed by atoms with Gasteiger partial charge >= 0.3 is 5.97 Å². The number of carbonyl (C=O) groups excluding carboxylic acids is 2. The van der Waals surface area contributed by atoms with E-state index in [2.05, 4.69) is 5.32 Å². The van der Waals surface area contributed by atoms with Crippen LogP contribution in [0.4, 0.5) is 0 Å². The Hall–Kier alpha value is -1.59. The molecule has 0 radical (unpaired) electrons. The van der Waals surface area contributed by atoms with Gasteiger partial charge < -0.3 is 15.3 Å². The number of nitrogens with one attached hydrogen (secondary N) is 1. The lowest BCUT2D eigenvalue weighted by molar-refractivity contribution is -0.147. The van der Waals surface area contributed by atoms with E-state index in [1.165, 1.54) is 6.42 Å². The summed E-state index contributed by atoms with van der Waals surface area (Å²) >= 11 is 0. The van der Waals surface area contributed by atoms with Crippen LogP contribution in [0.3, 0.4) is 0 Å². The number of nitrogens with zero attached hydrogens (tertiary/aromatic N) is 1. The number of rotatable bonds is 4. The van der Waals surface area contributed by atoms with Crippen LogP contribution in [0.25, 0.3) is 0 Å². The summed E-state index contributed by atoms with van der Waals surface area (Å²) in [5.74, 6) is -1.52. The Morgan fingerprint density at radius 3 is 2.32 bits per heavy atom. The van der Waals surface area contributed by atoms with E-state index in [-0.39, 0.29) is 24.3 Å². The Bertz CT molecular complexity index is 432. The lowest BCUT2D eigenvalue weighted by atomic mass is 9.88. The molecule has 0 unspecified atom stereocenters. The number of likely N-dealkylation sites (tertiary alicyclic amines) is 1. The van der Waals surface area contributed by atoms with Crippen LogP contribution in [0.15, 0.2) is 0 Å². The Morgan fingerprint density at radius 1 is 1.05 bits per heavy atom. The van der Waals surface area contributed by atoms with E-state index < -0.39 is 17.9 Å². The summed E-state index contributed by atoms with van der Waals surface area (Å²) in [6, 6.07) is -0.582. The van der Waals surface area contributed by atoms with Crippen molar-refractivity contribution in [2.24, 2.45) is 11.8 Å². The molecule has 1 heterocycles. The molecule has 22 heavy (non-hydrogen) atoms. The van der Waals surface area contributed by atoms with Gasteiger partial charge in [-0.15, -0.1) is 0 Å². The van der Waals surface area contributed by atoms with E-state index in [0.717, 1.165) is 25.7 Å². The zero-order valence-electron chi connectivity index (χ0n) is 13.2. The second-order valence-electron chi connectivity index (χ2n) is 6.53. The molecule has 2 rings (SSSR count). The molecule has 1 saturated carbocycles. The molecule has 6 nitrogen and oxygen atoms in total. The average molecular weight is 310 g/mol. The summed E-state index contributed by atoms with van der Waals surface area (Å²) in [4.78, 5) is 37.2. The third-order valence-electron chi connectivity index (χ3n) is 4.79. The molecule has 1 aliphatic carbocycles. The number of carboxylic acid groups (broad SMARTS) is 1. The van der Waals surface area contributed by atoms with Crippen molar-refractivity contribution in [1.82, 2.24) is 10.2 Å². The van der Waals surface area contributed by atoms with Crippen LogP contribution in [0.1, 0.15) is 51.9 Å². The molecule has 1 saturated heterocycles. The summed E-state index contributed by atoms with van der Waals surface area (Å²) in [5, 5.41) is 11.9. The lowest BCUT2D eigenvalue weighted by Gasteiger charge is -2.33. The maximum Gasteiger partial charge on any atom is 0.308 e. The molecule has 2 fully saturated rings. The average Bonchev–Trinajstić information content (AvgIpc) is 2.54. The number of amides is 2. The van der Waals surface area contributed by atoms with Crippen LogP contribution < -0.4 is 5.32 Å². The van der Waals surface area contributed by atoms with Crippen molar-refractivity contribution in [3.63, 3.8) is 0 Å². The zero-order valence-corrected chi connectivity index (χ0v) is 13.2. The van der Waals surface area contributed by atoms with Crippen LogP contribution in [-0.4, -0.2) is 46.9 Å². The summed E-state index contributed by atoms with van der Waals surface area (Å²) in [7, 11) is 0. The van der Waals surface area contributed by atoms with Gasteiger partial charge in [-0.25, -0.2) is 0 Å². The largest absolute Gasteiger partial charge is 0.481 e. The van der Waals surface area contributed by atoms with Gasteiger partial charge in [0.25, 0.3) is 0 Å². The van der Waals surface area contributed by atoms with Crippen molar-refractivity contribution in [1.29, 1.82) is 0 Å². The number of aliphatic carboxylic acids is 1. The fraction of sp³-hybridized carbons (Fsp3) is 0.812. The summed E-state index contributed by atoms with van der Waals surface area (Å²) < 4.78 is 0. The highest BCUT2D eigenvalue weighted by atomic mass is 16.4. The third kappa shape index (κ3) is 4.21. The topological polar surface area (TPSA) is 86.7 Å². The van der Waals surface area contributed by atoms with E-state index in [1.807, 2.05) is 0 Å². The quantitative estimate of drug-likeness (QED) is 0.821. The molecule has 0 spiro atoms. The predicted molar refractivity (Wildman–Crippen MR) is 81.1 cm³/mol. The van der Waals surface area contributed by atoms with Gasteiger partial charge in [-0.1, -0.05) is 19.3 Å². The molecule has 6 heteroatoms. The molecule has 2 atom stereocenters. The van der Waals surface area contributed by atoms with Gasteiger partial charge in [-0.3, -0.25) is 14.4 Å². The van der Waals surface area contributed by atoms with E-state index in [9.17, 15) is 14.4 Å². The SMILES string of the molecule is C[C@H](NC(=O)C1CCCCC1)C(=O)N1CCC[C@@H](C(=O)O)C1. The second-order valence-corrected chi connectivity index (χ2v) is 6.53. The van der Waals surface area contributed by atoms with Gasteiger partial charge in [0.15, 0.2) is 0 Å². The fourth-order valence-electron chi connectivity index (χ4n) is 3.41. The molecule has 124 valence electrons. The molecule has 2 amide bonds. The molecular formula is C16H26N2O4. The molecule has 0 aromatic heterocycles. The maximum atomic E-state index is 12.4. The Labute approximate surface area is 131 Å². The van der Waals surface area contributed by atoms with Gasteiger partial charge in [0.1, 0.15) is 6.04 Å². The smallest absolute Gasteiger partial charge is 0.308 e. The van der Waals surface area contributed by atoms with Gasteiger partial charge in [0.05, 0.1) is 5.92 Å². The third-order valence-corrected chi connectivity index (χ3v) is 4.79. The fourth-order valence-corrected chi connectivity index (χ4v) is 3.41. The van der Waals surface area contributed by atoms with E-state index in [4.69, 9.17) is 5.11 Å². The monoisotopic (exact) mass is 310 g/mol. The molecule has 2 N–H and O–H groups in total. The summed E-state index contributed by atoms with van der Waals surface area (Å²) in [6.07, 6.45) is 6.45. The number of hydrogen-bond donors (Lipinski definition) is 2. The van der Waals surface area contributed by atoms with Crippen LogP contribution in [0.5, 0.6) is 0 Å². The number of carboxylic acids is 1. The van der Waals surface area contributed by atoms with Crippen LogP contribution >= 0.6 is 0 Å². The number of piperidine rings is 1. The molecule has 0 aromatic carbocycles. The first-order chi connectivity index (χ1) is 10.5. The molecule has 2 aliphatic rings. The first-order valence-corrected chi connectivity index (χ1v) is 8.31. The molecule has 0 bridgehead atoms. The lowest BCUT2D eigenvalue weighted by Crippen LogP contribution is -2.51. The number of carbonyl (C=O) groups is 3. The van der Waals surface area contributed by atoms with E-state index >= 15 is 0 Å². The highest BCUT2D eigenvalue weighted by Gasteiger charge is 2.31. The standard InChI is InChI=1S/C16H26N2O4/c1-11(17-14(19)12-6-3-2-4-7-12)15(20)18-9-5-8-13(10-18)16(21)22/h11-13H,2-10H2,1H3,(H,17,19)(H,21,22)/t11-,13+/m0/s1. The summed E-state index contributed by atoms with van der Waals surface area (Å²) in [5.41, 5.74) is 0. The number of hydrogen-bond acceptors (Lipinski definition) is 3. The Morgan fingerprint density at radius 2 is 1.68 bits per heavy atom. The van der Waals surface area contributed by atoms with Crippen molar-refractivity contribution in [3.8, 4) is 0 Å². The minimum absolute atomic E-state index is 0.0251. The predicted octanol–water partition coefficient (Wildman–Crippen LogP) is 1.39. The van der Waals surface area contributed by atoms with Crippen molar-refractivity contribution in [2.45, 2.75) is 57.9 Å². The van der Waals surface area contributed by atoms with E-state index in [1.54, 1.807) is 11.8 Å². The zero-order chi connectivity index (χ0) is 16.1. The van der Waals surface area contributed by atoms with Gasteiger partial charge in [-0.05, 0) is 32.6 Å². The first-order valence-electron chi connectivity index (χ1n) is 8.31. The first kappa shape index (κ1) is 16.8. The highest BCUT2D eigenvalue weighted by Crippen LogP contribution is 2.24. The van der Waals surface area contributed by atoms with Crippen molar-refractivity contribution in [2.75, 3.05) is 13.1 Å². The minimum atomic E-state index is -0.851. The highest BCUT2D eigenvalue weighted by molar-refractivity contribution is 5.88. The Balaban J connectivity index is 1.85. The van der Waals surface area contributed by atoms with Crippen molar-refractivity contribution < 1.29 is 19.5 Å². The van der Waals surface area contributed by atoms with E-state index in [0.29, 0.717) is 19.4 Å². The van der Waals surface area contributed by atoms with Crippen LogP contribution in [-0.2, 0) is 14.4 Å². The molecule has 0 aromatic rings. The normalized spacial score (nSPS) is 24.6. The van der Waals surface area contributed by atoms with Crippen LogP contribution in [0, 0.1) is 11.8 Å². The van der Waals surface area contributed by atoms with Crippen molar-refractivity contribution in [3.05, 3.63) is 0 Å².